The minimum Gasteiger partial charge on any atom is -0.493 e. The van der Waals surface area contributed by atoms with Crippen LogP contribution in [0.15, 0.2) is 76.1 Å². The molecule has 0 spiro atoms. The molecule has 1 aliphatic rings. The van der Waals surface area contributed by atoms with Gasteiger partial charge >= 0.3 is 0 Å². The van der Waals surface area contributed by atoms with E-state index in [1.165, 1.54) is 24.1 Å². The molecular weight excluding hydrogens is 560 g/mol. The number of nitro groups is 1. The Bertz CT molecular complexity index is 1350. The Morgan fingerprint density at radius 3 is 2.43 bits per heavy atom. The second kappa shape index (κ2) is 12.1. The molecule has 1 saturated heterocycles. The van der Waals surface area contributed by atoms with Crippen LogP contribution in [0.2, 0.25) is 0 Å². The summed E-state index contributed by atoms with van der Waals surface area (Å²) in [6.45, 7) is 0.541. The second-order valence-corrected chi connectivity index (χ2v) is 10.0. The number of rotatable bonds is 10. The van der Waals surface area contributed by atoms with E-state index >= 15 is 0 Å². The SMILES string of the molecule is COc1cc(/C=C2/SC(=O)N(CCCc3ccccc3)C2=O)c(Br)cc1OCc1ccc([N+](=O)[O-])cc1. The van der Waals surface area contributed by atoms with Crippen molar-refractivity contribution in [3.8, 4) is 11.5 Å². The van der Waals surface area contributed by atoms with Crippen LogP contribution in [0.4, 0.5) is 10.5 Å². The zero-order chi connectivity index (χ0) is 26.4. The first-order valence-corrected chi connectivity index (χ1v) is 13.0. The number of ether oxygens (including phenoxy) is 2. The van der Waals surface area contributed by atoms with Crippen LogP contribution < -0.4 is 9.47 Å². The maximum atomic E-state index is 12.9. The molecule has 1 fully saturated rings. The summed E-state index contributed by atoms with van der Waals surface area (Å²) in [5, 5.41) is 10.5. The Hall–Kier alpha value is -3.63. The van der Waals surface area contributed by atoms with E-state index < -0.39 is 4.92 Å². The third kappa shape index (κ3) is 6.58. The summed E-state index contributed by atoms with van der Waals surface area (Å²) in [7, 11) is 1.51. The molecule has 8 nitrogen and oxygen atoms in total. The Morgan fingerprint density at radius 1 is 1.03 bits per heavy atom. The van der Waals surface area contributed by atoms with Crippen molar-refractivity contribution in [3.05, 3.63) is 103 Å². The van der Waals surface area contributed by atoms with Gasteiger partial charge in [0.2, 0.25) is 0 Å². The topological polar surface area (TPSA) is 99.0 Å². The van der Waals surface area contributed by atoms with Gasteiger partial charge in [-0.3, -0.25) is 24.6 Å². The third-order valence-corrected chi connectivity index (χ3v) is 7.27. The maximum absolute atomic E-state index is 12.9. The van der Waals surface area contributed by atoms with Crippen molar-refractivity contribution in [3.63, 3.8) is 0 Å². The van der Waals surface area contributed by atoms with Gasteiger partial charge in [-0.15, -0.1) is 0 Å². The predicted molar refractivity (Wildman–Crippen MR) is 146 cm³/mol. The third-order valence-electron chi connectivity index (χ3n) is 5.67. The Balaban J connectivity index is 1.43. The number of nitrogens with zero attached hydrogens (tertiary/aromatic N) is 2. The van der Waals surface area contributed by atoms with Gasteiger partial charge in [-0.2, -0.15) is 0 Å². The molecule has 10 heteroatoms. The summed E-state index contributed by atoms with van der Waals surface area (Å²) in [4.78, 5) is 37.4. The van der Waals surface area contributed by atoms with Gasteiger partial charge in [0.05, 0.1) is 16.9 Å². The van der Waals surface area contributed by atoms with Gasteiger partial charge < -0.3 is 9.47 Å². The van der Waals surface area contributed by atoms with Gasteiger partial charge in [0, 0.05) is 23.2 Å². The van der Waals surface area contributed by atoms with E-state index in [4.69, 9.17) is 9.47 Å². The summed E-state index contributed by atoms with van der Waals surface area (Å²) in [5.74, 6) is 0.588. The molecule has 0 unspecified atom stereocenters. The first-order valence-electron chi connectivity index (χ1n) is 11.4. The van der Waals surface area contributed by atoms with Crippen LogP contribution in [0.25, 0.3) is 6.08 Å². The number of nitro benzene ring substituents is 1. The zero-order valence-electron chi connectivity index (χ0n) is 19.9. The van der Waals surface area contributed by atoms with Gasteiger partial charge in [0.1, 0.15) is 6.61 Å². The van der Waals surface area contributed by atoms with Crippen molar-refractivity contribution in [2.45, 2.75) is 19.4 Å². The fraction of sp³-hybridized carbons (Fsp3) is 0.185. The molecule has 0 saturated carbocycles. The molecule has 3 aromatic rings. The molecule has 0 aliphatic carbocycles. The van der Waals surface area contributed by atoms with Crippen LogP contribution in [0.3, 0.4) is 0 Å². The lowest BCUT2D eigenvalue weighted by molar-refractivity contribution is -0.384. The quantitative estimate of drug-likeness (QED) is 0.150. The summed E-state index contributed by atoms with van der Waals surface area (Å²) in [5.41, 5.74) is 2.59. The number of methoxy groups -OCH3 is 1. The number of non-ortho nitro benzene ring substituents is 1. The highest BCUT2D eigenvalue weighted by molar-refractivity contribution is 9.10. The zero-order valence-corrected chi connectivity index (χ0v) is 22.3. The largest absolute Gasteiger partial charge is 0.493 e. The number of carbonyl (C=O) groups is 2. The number of imide groups is 1. The fourth-order valence-corrected chi connectivity index (χ4v) is 5.02. The monoisotopic (exact) mass is 582 g/mol. The molecule has 2 amide bonds. The number of amides is 2. The molecule has 4 rings (SSSR count). The molecular formula is C27H23BrN2O6S. The highest BCUT2D eigenvalue weighted by Gasteiger charge is 2.34. The Morgan fingerprint density at radius 2 is 1.76 bits per heavy atom. The molecule has 0 bridgehead atoms. The molecule has 190 valence electrons. The van der Waals surface area contributed by atoms with Crippen LogP contribution in [-0.2, 0) is 17.8 Å². The first kappa shape index (κ1) is 26.4. The highest BCUT2D eigenvalue weighted by atomic mass is 79.9. The van der Waals surface area contributed by atoms with Crippen LogP contribution in [0, 0.1) is 10.1 Å². The summed E-state index contributed by atoms with van der Waals surface area (Å²) in [6, 6.07) is 19.5. The minimum absolute atomic E-state index is 0.00837. The number of hydrogen-bond acceptors (Lipinski definition) is 7. The molecule has 1 aliphatic heterocycles. The molecule has 0 radical (unpaired) electrons. The molecule has 0 aromatic heterocycles. The van der Waals surface area contributed by atoms with Crippen LogP contribution in [0.5, 0.6) is 11.5 Å². The average Bonchev–Trinajstić information content (AvgIpc) is 3.16. The van der Waals surface area contributed by atoms with Gasteiger partial charge in [0.25, 0.3) is 16.8 Å². The number of carbonyl (C=O) groups excluding carboxylic acids is 2. The normalized spacial score (nSPS) is 14.3. The van der Waals surface area contributed by atoms with E-state index in [2.05, 4.69) is 15.9 Å². The Labute approximate surface area is 226 Å². The molecule has 1 heterocycles. The van der Waals surface area contributed by atoms with Crippen LogP contribution in [0.1, 0.15) is 23.1 Å². The summed E-state index contributed by atoms with van der Waals surface area (Å²) in [6.07, 6.45) is 3.13. The lowest BCUT2D eigenvalue weighted by atomic mass is 10.1. The minimum atomic E-state index is -0.455. The first-order chi connectivity index (χ1) is 17.9. The average molecular weight is 583 g/mol. The fourth-order valence-electron chi connectivity index (χ4n) is 3.73. The van der Waals surface area contributed by atoms with Crippen LogP contribution in [-0.4, -0.2) is 34.6 Å². The van der Waals surface area contributed by atoms with Crippen LogP contribution >= 0.6 is 27.7 Å². The summed E-state index contributed by atoms with van der Waals surface area (Å²) < 4.78 is 12.0. The van der Waals surface area contributed by atoms with Crippen molar-refractivity contribution >= 4 is 50.6 Å². The molecule has 37 heavy (non-hydrogen) atoms. The van der Waals surface area contributed by atoms with E-state index in [-0.39, 0.29) is 23.4 Å². The van der Waals surface area contributed by atoms with Gasteiger partial charge in [-0.05, 0) is 71.6 Å². The van der Waals surface area contributed by atoms with Crippen molar-refractivity contribution in [2.24, 2.45) is 0 Å². The van der Waals surface area contributed by atoms with E-state index in [9.17, 15) is 19.7 Å². The summed E-state index contributed by atoms with van der Waals surface area (Å²) >= 11 is 4.43. The van der Waals surface area contributed by atoms with Crippen molar-refractivity contribution in [1.29, 1.82) is 0 Å². The number of hydrogen-bond donors (Lipinski definition) is 0. The second-order valence-electron chi connectivity index (χ2n) is 8.16. The van der Waals surface area contributed by atoms with Crippen molar-refractivity contribution in [1.82, 2.24) is 4.90 Å². The molecule has 0 atom stereocenters. The van der Waals surface area contributed by atoms with Gasteiger partial charge in [-0.1, -0.05) is 46.3 Å². The highest BCUT2D eigenvalue weighted by Crippen LogP contribution is 2.38. The van der Waals surface area contributed by atoms with Gasteiger partial charge in [-0.25, -0.2) is 0 Å². The smallest absolute Gasteiger partial charge is 0.293 e. The number of halogens is 1. The van der Waals surface area contributed by atoms with E-state index in [0.29, 0.717) is 39.4 Å². The molecule has 3 aromatic carbocycles. The number of benzene rings is 3. The van der Waals surface area contributed by atoms with Crippen molar-refractivity contribution < 1.29 is 24.0 Å². The van der Waals surface area contributed by atoms with E-state index in [0.717, 1.165) is 29.3 Å². The number of thioether (sulfide) groups is 1. The predicted octanol–water partition coefficient (Wildman–Crippen LogP) is 6.61. The number of aryl methyl sites for hydroxylation is 1. The standard InChI is InChI=1S/C27H23BrN2O6S/c1-35-23-14-20(22(28)16-24(23)36-17-19-9-11-21(12-10-19)30(33)34)15-25-26(31)29(27(32)37-25)13-5-8-18-6-3-2-4-7-18/h2-4,6-7,9-12,14-16H,5,8,13,17H2,1H3/b25-15+. The molecule has 0 N–H and O–H groups in total. The lowest BCUT2D eigenvalue weighted by Crippen LogP contribution is -2.29. The van der Waals surface area contributed by atoms with E-state index in [1.807, 2.05) is 30.3 Å². The van der Waals surface area contributed by atoms with E-state index in [1.54, 1.807) is 30.3 Å². The maximum Gasteiger partial charge on any atom is 0.293 e. The lowest BCUT2D eigenvalue weighted by Gasteiger charge is -2.13. The van der Waals surface area contributed by atoms with Crippen molar-refractivity contribution in [2.75, 3.05) is 13.7 Å². The Kier molecular flexibility index (Phi) is 8.62. The van der Waals surface area contributed by atoms with Gasteiger partial charge in [0.15, 0.2) is 11.5 Å².